The maximum atomic E-state index is 4.49. The van der Waals surface area contributed by atoms with Crippen LogP contribution in [0.15, 0.2) is 29.3 Å². The van der Waals surface area contributed by atoms with E-state index >= 15 is 0 Å². The summed E-state index contributed by atoms with van der Waals surface area (Å²) >= 11 is 2.05. The number of nitrogens with one attached hydrogen (secondary N) is 1. The predicted molar refractivity (Wildman–Crippen MR) is 118 cm³/mol. The number of rotatable bonds is 4. The minimum atomic E-state index is 0. The number of hydrogen-bond acceptors (Lipinski definition) is 3. The summed E-state index contributed by atoms with van der Waals surface area (Å²) in [5.41, 5.74) is 2.71. The summed E-state index contributed by atoms with van der Waals surface area (Å²) < 4.78 is 0.290. The van der Waals surface area contributed by atoms with E-state index in [0.29, 0.717) is 4.75 Å². The molecule has 0 aliphatic carbocycles. The Bertz CT molecular complexity index is 546. The largest absolute Gasteiger partial charge is 0.352 e. The van der Waals surface area contributed by atoms with E-state index in [4.69, 9.17) is 0 Å². The van der Waals surface area contributed by atoms with Gasteiger partial charge >= 0.3 is 0 Å². The van der Waals surface area contributed by atoms with Crippen LogP contribution in [0.25, 0.3) is 0 Å². The summed E-state index contributed by atoms with van der Waals surface area (Å²) in [5.74, 6) is 2.17. The quantitative estimate of drug-likeness (QED) is 0.423. The van der Waals surface area contributed by atoms with Gasteiger partial charge in [0.1, 0.15) is 0 Å². The molecule has 136 valence electrons. The van der Waals surface area contributed by atoms with Crippen molar-refractivity contribution in [3.05, 3.63) is 35.4 Å². The van der Waals surface area contributed by atoms with Crippen LogP contribution in [0, 0.1) is 0 Å². The van der Waals surface area contributed by atoms with Crippen LogP contribution >= 0.6 is 35.7 Å². The van der Waals surface area contributed by atoms with Crippen molar-refractivity contribution in [3.63, 3.8) is 0 Å². The molecule has 24 heavy (non-hydrogen) atoms. The second-order valence-corrected chi connectivity index (χ2v) is 8.74. The molecule has 1 aliphatic heterocycles. The highest BCUT2D eigenvalue weighted by Crippen LogP contribution is 2.29. The lowest BCUT2D eigenvalue weighted by molar-refractivity contribution is 0.375. The summed E-state index contributed by atoms with van der Waals surface area (Å²) in [6, 6.07) is 8.64. The molecule has 4 nitrogen and oxygen atoms in total. The lowest BCUT2D eigenvalue weighted by Gasteiger charge is -2.39. The summed E-state index contributed by atoms with van der Waals surface area (Å²) in [6.45, 7) is 8.50. The number of halogens is 1. The van der Waals surface area contributed by atoms with E-state index < -0.39 is 0 Å². The zero-order chi connectivity index (χ0) is 16.9. The molecule has 0 bridgehead atoms. The molecule has 1 aromatic carbocycles. The van der Waals surface area contributed by atoms with Crippen LogP contribution in [-0.4, -0.2) is 60.5 Å². The summed E-state index contributed by atoms with van der Waals surface area (Å²) in [6.07, 6.45) is 0. The molecule has 0 radical (unpaired) electrons. The Balaban J connectivity index is 0.00000288. The van der Waals surface area contributed by atoms with Gasteiger partial charge in [-0.1, -0.05) is 24.3 Å². The van der Waals surface area contributed by atoms with Gasteiger partial charge in [0.05, 0.1) is 0 Å². The van der Waals surface area contributed by atoms with E-state index in [0.717, 1.165) is 37.9 Å². The number of aliphatic imine (C=N–C) groups is 1. The number of benzene rings is 1. The van der Waals surface area contributed by atoms with Gasteiger partial charge < -0.3 is 15.1 Å². The molecule has 1 aliphatic rings. The first kappa shape index (κ1) is 21.6. The highest BCUT2D eigenvalue weighted by Gasteiger charge is 2.28. The van der Waals surface area contributed by atoms with Gasteiger partial charge in [-0.05, 0) is 39.1 Å². The van der Waals surface area contributed by atoms with Crippen LogP contribution in [0.5, 0.6) is 0 Å². The molecule has 1 fully saturated rings. The Hall–Kier alpha value is -0.470. The maximum absolute atomic E-state index is 4.49. The third kappa shape index (κ3) is 6.44. The lowest BCUT2D eigenvalue weighted by atomic mass is 10.1. The van der Waals surface area contributed by atoms with E-state index in [1.54, 1.807) is 0 Å². The summed E-state index contributed by atoms with van der Waals surface area (Å²) in [4.78, 5) is 9.08. The van der Waals surface area contributed by atoms with Crippen molar-refractivity contribution in [2.75, 3.05) is 40.0 Å². The minimum Gasteiger partial charge on any atom is -0.352 e. The van der Waals surface area contributed by atoms with Crippen LogP contribution in [0.1, 0.15) is 25.0 Å². The van der Waals surface area contributed by atoms with Crippen molar-refractivity contribution in [2.24, 2.45) is 4.99 Å². The van der Waals surface area contributed by atoms with E-state index in [2.05, 4.69) is 72.3 Å². The van der Waals surface area contributed by atoms with Crippen molar-refractivity contribution >= 4 is 41.7 Å². The zero-order valence-corrected chi connectivity index (χ0v) is 18.6. The minimum absolute atomic E-state index is 0. The van der Waals surface area contributed by atoms with Crippen molar-refractivity contribution < 1.29 is 0 Å². The van der Waals surface area contributed by atoms with E-state index in [9.17, 15) is 0 Å². The third-order valence-electron chi connectivity index (χ3n) is 3.98. The molecule has 0 spiro atoms. The Morgan fingerprint density at radius 2 is 1.96 bits per heavy atom. The fourth-order valence-electron chi connectivity index (χ4n) is 2.93. The van der Waals surface area contributed by atoms with Crippen molar-refractivity contribution in [1.29, 1.82) is 0 Å². The van der Waals surface area contributed by atoms with Crippen LogP contribution < -0.4 is 5.32 Å². The highest BCUT2D eigenvalue weighted by molar-refractivity contribution is 14.0. The fraction of sp³-hybridized carbons (Fsp3) is 0.611. The van der Waals surface area contributed by atoms with Crippen molar-refractivity contribution in [1.82, 2.24) is 15.1 Å². The number of guanidine groups is 1. The van der Waals surface area contributed by atoms with Gasteiger partial charge in [-0.15, -0.1) is 24.0 Å². The molecule has 1 N–H and O–H groups in total. The SMILES string of the molecule is CN=C(NCc1ccccc1CN(C)C)N1CCSC(C)(C)C1.I. The molecule has 1 saturated heterocycles. The zero-order valence-electron chi connectivity index (χ0n) is 15.5. The topological polar surface area (TPSA) is 30.9 Å². The first-order valence-electron chi connectivity index (χ1n) is 8.22. The normalized spacial score (nSPS) is 17.6. The molecule has 0 amide bonds. The van der Waals surface area contributed by atoms with E-state index in [-0.39, 0.29) is 24.0 Å². The van der Waals surface area contributed by atoms with Crippen LogP contribution in [-0.2, 0) is 13.1 Å². The third-order valence-corrected chi connectivity index (χ3v) is 5.28. The fourth-order valence-corrected chi connectivity index (χ4v) is 4.04. The molecule has 0 saturated carbocycles. The second-order valence-electron chi connectivity index (χ2n) is 6.94. The first-order valence-corrected chi connectivity index (χ1v) is 9.21. The molecular weight excluding hydrogens is 431 g/mol. The first-order chi connectivity index (χ1) is 10.9. The summed E-state index contributed by atoms with van der Waals surface area (Å²) in [5, 5.41) is 3.55. The van der Waals surface area contributed by atoms with Crippen LogP contribution in [0.2, 0.25) is 0 Å². The van der Waals surface area contributed by atoms with Gasteiger partial charge in [0.15, 0.2) is 5.96 Å². The van der Waals surface area contributed by atoms with Gasteiger partial charge in [0.25, 0.3) is 0 Å². The molecule has 0 atom stereocenters. The Kier molecular flexibility index (Phi) is 8.87. The van der Waals surface area contributed by atoms with Gasteiger partial charge in [-0.25, -0.2) is 0 Å². The molecule has 1 aromatic rings. The average Bonchev–Trinajstić information content (AvgIpc) is 2.48. The molecule has 0 aromatic heterocycles. The highest BCUT2D eigenvalue weighted by atomic mass is 127. The molecule has 6 heteroatoms. The maximum Gasteiger partial charge on any atom is 0.193 e. The number of nitrogens with zero attached hydrogens (tertiary/aromatic N) is 3. The van der Waals surface area contributed by atoms with Crippen LogP contribution in [0.3, 0.4) is 0 Å². The van der Waals surface area contributed by atoms with E-state index in [1.807, 2.05) is 18.8 Å². The monoisotopic (exact) mass is 462 g/mol. The standard InChI is InChI=1S/C18H30N4S.HI/c1-18(2)14-22(10-11-23-18)17(19-3)20-12-15-8-6-7-9-16(15)13-21(4)5;/h6-9H,10-14H2,1-5H3,(H,19,20);1H. The second kappa shape index (κ2) is 9.87. The Morgan fingerprint density at radius 1 is 1.29 bits per heavy atom. The predicted octanol–water partition coefficient (Wildman–Crippen LogP) is 3.27. The van der Waals surface area contributed by atoms with Gasteiger partial charge in [0.2, 0.25) is 0 Å². The molecule has 0 unspecified atom stereocenters. The van der Waals surface area contributed by atoms with Crippen molar-refractivity contribution in [2.45, 2.75) is 31.7 Å². The average molecular weight is 462 g/mol. The Morgan fingerprint density at radius 3 is 2.54 bits per heavy atom. The Labute approximate surface area is 168 Å². The molecule has 1 heterocycles. The molecular formula is C18H31IN4S. The van der Waals surface area contributed by atoms with Crippen molar-refractivity contribution in [3.8, 4) is 0 Å². The van der Waals surface area contributed by atoms with Gasteiger partial charge in [0, 0.05) is 43.7 Å². The lowest BCUT2D eigenvalue weighted by Crippen LogP contribution is -2.50. The van der Waals surface area contributed by atoms with Gasteiger partial charge in [-0.2, -0.15) is 11.8 Å². The summed E-state index contributed by atoms with van der Waals surface area (Å²) in [7, 11) is 6.09. The van der Waals surface area contributed by atoms with E-state index in [1.165, 1.54) is 11.1 Å². The van der Waals surface area contributed by atoms with Gasteiger partial charge in [-0.3, -0.25) is 4.99 Å². The number of thioether (sulfide) groups is 1. The smallest absolute Gasteiger partial charge is 0.193 e. The number of hydrogen-bond donors (Lipinski definition) is 1. The molecule has 2 rings (SSSR count). The van der Waals surface area contributed by atoms with Crippen LogP contribution in [0.4, 0.5) is 0 Å².